The SMILES string of the molecule is C[C@@H]1C[C@@H]2N(C)[C@H](C)C[C@@H]3N(C)[C@H](C)C[C@H](N1C)N32. The minimum atomic E-state index is 0.625. The topological polar surface area (TPSA) is 13.0 Å². The van der Waals surface area contributed by atoms with Gasteiger partial charge in [0.25, 0.3) is 0 Å². The van der Waals surface area contributed by atoms with E-state index in [0.717, 1.165) is 0 Å². The molecule has 0 amide bonds. The summed E-state index contributed by atoms with van der Waals surface area (Å²) in [5, 5.41) is 0. The van der Waals surface area contributed by atoms with E-state index in [1.807, 2.05) is 0 Å². The van der Waals surface area contributed by atoms with E-state index in [4.69, 9.17) is 0 Å². The zero-order chi connectivity index (χ0) is 13.9. The van der Waals surface area contributed by atoms with Crippen LogP contribution < -0.4 is 0 Å². The van der Waals surface area contributed by atoms with Crippen LogP contribution in [-0.2, 0) is 0 Å². The lowest BCUT2D eigenvalue weighted by Crippen LogP contribution is -2.76. The Bertz CT molecular complexity index is 295. The lowest BCUT2D eigenvalue weighted by atomic mass is 9.90. The summed E-state index contributed by atoms with van der Waals surface area (Å²) < 4.78 is 0. The normalized spacial score (nSPS) is 50.2. The van der Waals surface area contributed by atoms with Crippen molar-refractivity contribution in [2.24, 2.45) is 0 Å². The van der Waals surface area contributed by atoms with Crippen LogP contribution in [0.15, 0.2) is 0 Å². The fourth-order valence-corrected chi connectivity index (χ4v) is 4.39. The Labute approximate surface area is 118 Å². The van der Waals surface area contributed by atoms with Gasteiger partial charge >= 0.3 is 0 Å². The smallest absolute Gasteiger partial charge is 0.0665 e. The largest absolute Gasteiger partial charge is 0.288 e. The van der Waals surface area contributed by atoms with Gasteiger partial charge in [0.1, 0.15) is 0 Å². The molecule has 110 valence electrons. The van der Waals surface area contributed by atoms with E-state index in [-0.39, 0.29) is 0 Å². The summed E-state index contributed by atoms with van der Waals surface area (Å²) in [5.41, 5.74) is 0. The minimum Gasteiger partial charge on any atom is -0.288 e. The van der Waals surface area contributed by atoms with Crippen LogP contribution in [0.5, 0.6) is 0 Å². The predicted molar refractivity (Wildman–Crippen MR) is 78.7 cm³/mol. The van der Waals surface area contributed by atoms with Crippen molar-refractivity contribution in [1.29, 1.82) is 0 Å². The van der Waals surface area contributed by atoms with Crippen molar-refractivity contribution < 1.29 is 0 Å². The third-order valence-electron chi connectivity index (χ3n) is 6.18. The van der Waals surface area contributed by atoms with Crippen molar-refractivity contribution >= 4 is 0 Å². The van der Waals surface area contributed by atoms with E-state index in [0.29, 0.717) is 36.6 Å². The van der Waals surface area contributed by atoms with Crippen LogP contribution in [0, 0.1) is 0 Å². The lowest BCUT2D eigenvalue weighted by molar-refractivity contribution is -0.219. The molecule has 0 aromatic rings. The van der Waals surface area contributed by atoms with E-state index in [9.17, 15) is 0 Å². The molecule has 3 heterocycles. The van der Waals surface area contributed by atoms with Crippen molar-refractivity contribution in [3.8, 4) is 0 Å². The maximum absolute atomic E-state index is 2.79. The second-order valence-electron chi connectivity index (χ2n) is 7.14. The first-order valence-electron chi connectivity index (χ1n) is 7.85. The molecule has 0 radical (unpaired) electrons. The summed E-state index contributed by atoms with van der Waals surface area (Å²) in [6.07, 6.45) is 5.69. The first-order valence-corrected chi connectivity index (χ1v) is 7.85. The van der Waals surface area contributed by atoms with Crippen LogP contribution in [-0.4, -0.2) is 77.4 Å². The molecule has 6 atom stereocenters. The maximum Gasteiger partial charge on any atom is 0.0665 e. The van der Waals surface area contributed by atoms with E-state index < -0.39 is 0 Å². The molecule has 4 heteroatoms. The monoisotopic (exact) mass is 266 g/mol. The number of rotatable bonds is 0. The summed E-state index contributed by atoms with van der Waals surface area (Å²) in [6, 6.07) is 2.07. The molecule has 0 bridgehead atoms. The zero-order valence-corrected chi connectivity index (χ0v) is 13.4. The molecule has 0 unspecified atom stereocenters. The summed E-state index contributed by atoms with van der Waals surface area (Å²) in [4.78, 5) is 10.6. The maximum atomic E-state index is 2.79. The fourth-order valence-electron chi connectivity index (χ4n) is 4.39. The predicted octanol–water partition coefficient (Wildman–Crippen LogP) is 1.44. The van der Waals surface area contributed by atoms with Gasteiger partial charge in [-0.3, -0.25) is 19.6 Å². The van der Waals surface area contributed by atoms with Gasteiger partial charge in [0.05, 0.1) is 18.5 Å². The highest BCUT2D eigenvalue weighted by atomic mass is 15.6. The van der Waals surface area contributed by atoms with Crippen molar-refractivity contribution in [2.75, 3.05) is 21.1 Å². The molecule has 4 nitrogen and oxygen atoms in total. The summed E-state index contributed by atoms with van der Waals surface area (Å²) >= 11 is 0. The Morgan fingerprint density at radius 2 is 0.842 bits per heavy atom. The molecule has 3 fully saturated rings. The van der Waals surface area contributed by atoms with Gasteiger partial charge in [0.15, 0.2) is 0 Å². The Balaban J connectivity index is 1.95. The van der Waals surface area contributed by atoms with E-state index in [1.54, 1.807) is 0 Å². The van der Waals surface area contributed by atoms with Crippen LogP contribution in [0.1, 0.15) is 40.0 Å². The molecule has 0 spiro atoms. The third-order valence-corrected chi connectivity index (χ3v) is 6.18. The molecule has 3 saturated heterocycles. The van der Waals surface area contributed by atoms with Crippen molar-refractivity contribution in [2.45, 2.75) is 76.7 Å². The Morgan fingerprint density at radius 1 is 0.579 bits per heavy atom. The van der Waals surface area contributed by atoms with Crippen LogP contribution in [0.2, 0.25) is 0 Å². The molecule has 0 saturated carbocycles. The quantitative estimate of drug-likeness (QED) is 0.658. The summed E-state index contributed by atoms with van der Waals surface area (Å²) in [5.74, 6) is 0. The fraction of sp³-hybridized carbons (Fsp3) is 1.00. The van der Waals surface area contributed by atoms with Crippen molar-refractivity contribution in [1.82, 2.24) is 19.6 Å². The minimum absolute atomic E-state index is 0.625. The first kappa shape index (κ1) is 13.8. The van der Waals surface area contributed by atoms with Crippen LogP contribution in [0.25, 0.3) is 0 Å². The third kappa shape index (κ3) is 1.96. The molecule has 3 aliphatic heterocycles. The molecule has 3 rings (SSSR count). The second-order valence-corrected chi connectivity index (χ2v) is 7.14. The number of hydrogen-bond donors (Lipinski definition) is 0. The van der Waals surface area contributed by atoms with Gasteiger partial charge in [-0.05, 0) is 61.2 Å². The molecule has 3 aliphatic rings. The van der Waals surface area contributed by atoms with Crippen LogP contribution in [0.4, 0.5) is 0 Å². The van der Waals surface area contributed by atoms with Gasteiger partial charge in [-0.1, -0.05) is 0 Å². The molecule has 19 heavy (non-hydrogen) atoms. The van der Waals surface area contributed by atoms with E-state index in [2.05, 4.69) is 61.5 Å². The highest BCUT2D eigenvalue weighted by Gasteiger charge is 2.51. The van der Waals surface area contributed by atoms with Gasteiger partial charge in [-0.25, -0.2) is 0 Å². The highest BCUT2D eigenvalue weighted by Crippen LogP contribution is 2.40. The second kappa shape index (κ2) is 4.69. The Hall–Kier alpha value is -0.160. The molecule has 0 aromatic carbocycles. The molecule has 0 aliphatic carbocycles. The number of nitrogens with zero attached hydrogens (tertiary/aromatic N) is 4. The van der Waals surface area contributed by atoms with Gasteiger partial charge in [-0.2, -0.15) is 0 Å². The highest BCUT2D eigenvalue weighted by molar-refractivity contribution is 5.01. The molecular weight excluding hydrogens is 236 g/mol. The number of hydrogen-bond acceptors (Lipinski definition) is 4. The van der Waals surface area contributed by atoms with Gasteiger partial charge in [0, 0.05) is 18.1 Å². The van der Waals surface area contributed by atoms with E-state index in [1.165, 1.54) is 19.3 Å². The Morgan fingerprint density at radius 3 is 1.11 bits per heavy atom. The molecule has 0 N–H and O–H groups in total. The van der Waals surface area contributed by atoms with Gasteiger partial charge < -0.3 is 0 Å². The van der Waals surface area contributed by atoms with Crippen molar-refractivity contribution in [3.63, 3.8) is 0 Å². The summed E-state index contributed by atoms with van der Waals surface area (Å²) in [7, 11) is 6.95. The van der Waals surface area contributed by atoms with Crippen molar-refractivity contribution in [3.05, 3.63) is 0 Å². The molecule has 0 aromatic heterocycles. The molecular formula is C15H30N4. The van der Waals surface area contributed by atoms with E-state index >= 15 is 0 Å². The zero-order valence-electron chi connectivity index (χ0n) is 13.4. The van der Waals surface area contributed by atoms with Crippen LogP contribution in [0.3, 0.4) is 0 Å². The lowest BCUT2D eigenvalue weighted by Gasteiger charge is -2.64. The first-order chi connectivity index (χ1) is 8.91. The van der Waals surface area contributed by atoms with Gasteiger partial charge in [0.2, 0.25) is 0 Å². The van der Waals surface area contributed by atoms with Crippen LogP contribution >= 0.6 is 0 Å². The average molecular weight is 266 g/mol. The average Bonchev–Trinajstić information content (AvgIpc) is 2.37. The summed E-state index contributed by atoms with van der Waals surface area (Å²) in [6.45, 7) is 7.17. The standard InChI is InChI=1S/C15H30N4/c1-10-7-13-17(5)12(3)9-15-18(6)11(2)8-14(16(10)4)19(13)15/h10-15H,7-9H2,1-6H3/t10-,11-,12-,13-,14-,15-/m1/s1. The van der Waals surface area contributed by atoms with Gasteiger partial charge in [-0.15, -0.1) is 0 Å². The Kier molecular flexibility index (Phi) is 3.41.